The molecule has 148 valence electrons. The lowest BCUT2D eigenvalue weighted by Crippen LogP contribution is -2.47. The molecule has 0 bridgehead atoms. The van der Waals surface area contributed by atoms with Crippen molar-refractivity contribution in [1.82, 2.24) is 19.9 Å². The fraction of sp³-hybridized carbons (Fsp3) is 0.263. The lowest BCUT2D eigenvalue weighted by atomic mass is 10.2. The van der Waals surface area contributed by atoms with Crippen LogP contribution in [0.4, 0.5) is 23.1 Å². The Balaban J connectivity index is 1.51. The summed E-state index contributed by atoms with van der Waals surface area (Å²) < 4.78 is 0. The summed E-state index contributed by atoms with van der Waals surface area (Å²) in [6.45, 7) is 3.01. The van der Waals surface area contributed by atoms with Crippen molar-refractivity contribution < 1.29 is 4.92 Å². The van der Waals surface area contributed by atoms with Gasteiger partial charge in [0.05, 0.1) is 4.92 Å². The molecule has 0 spiro atoms. The van der Waals surface area contributed by atoms with Crippen LogP contribution >= 0.6 is 0 Å². The van der Waals surface area contributed by atoms with E-state index in [0.717, 1.165) is 11.4 Å². The number of anilines is 3. The average molecular weight is 392 g/mol. The number of hydrogen-bond donors (Lipinski definition) is 1. The highest BCUT2D eigenvalue weighted by molar-refractivity contribution is 5.70. The molecule has 10 nitrogen and oxygen atoms in total. The lowest BCUT2D eigenvalue weighted by molar-refractivity contribution is -0.383. The van der Waals surface area contributed by atoms with Gasteiger partial charge in [0.1, 0.15) is 12.1 Å². The van der Waals surface area contributed by atoms with Crippen LogP contribution in [0.5, 0.6) is 0 Å². The van der Waals surface area contributed by atoms with Crippen molar-refractivity contribution in [2.75, 3.05) is 41.3 Å². The summed E-state index contributed by atoms with van der Waals surface area (Å²) in [5, 5.41) is 14.9. The van der Waals surface area contributed by atoms with Crippen LogP contribution < -0.4 is 15.1 Å². The van der Waals surface area contributed by atoms with Gasteiger partial charge >= 0.3 is 5.69 Å². The minimum absolute atomic E-state index is 0.109. The molecule has 3 aromatic rings. The second kappa shape index (κ2) is 8.46. The highest BCUT2D eigenvalue weighted by Crippen LogP contribution is 2.32. The van der Waals surface area contributed by atoms with E-state index in [1.807, 2.05) is 35.2 Å². The van der Waals surface area contributed by atoms with E-state index in [1.54, 1.807) is 18.6 Å². The lowest BCUT2D eigenvalue weighted by Gasteiger charge is -2.35. The van der Waals surface area contributed by atoms with Gasteiger partial charge in [-0.1, -0.05) is 12.1 Å². The predicted molar refractivity (Wildman–Crippen MR) is 109 cm³/mol. The molecule has 1 aliphatic rings. The van der Waals surface area contributed by atoms with Crippen molar-refractivity contribution in [3.63, 3.8) is 0 Å². The Kier molecular flexibility index (Phi) is 5.41. The summed E-state index contributed by atoms with van der Waals surface area (Å²) in [7, 11) is 0. The van der Waals surface area contributed by atoms with Crippen molar-refractivity contribution >= 4 is 23.1 Å². The van der Waals surface area contributed by atoms with Gasteiger partial charge in [-0.3, -0.25) is 15.1 Å². The van der Waals surface area contributed by atoms with Crippen LogP contribution in [-0.2, 0) is 6.54 Å². The fourth-order valence-electron chi connectivity index (χ4n) is 3.28. The maximum absolute atomic E-state index is 11.8. The Morgan fingerprint density at radius 2 is 1.83 bits per heavy atom. The van der Waals surface area contributed by atoms with Crippen LogP contribution in [0.25, 0.3) is 0 Å². The van der Waals surface area contributed by atoms with Crippen molar-refractivity contribution in [1.29, 1.82) is 0 Å². The van der Waals surface area contributed by atoms with Gasteiger partial charge < -0.3 is 15.1 Å². The monoisotopic (exact) mass is 392 g/mol. The Hall–Kier alpha value is -3.82. The molecule has 0 radical (unpaired) electrons. The van der Waals surface area contributed by atoms with Crippen LogP contribution in [0.3, 0.4) is 0 Å². The smallest absolute Gasteiger partial charge is 0.353 e. The molecule has 0 unspecified atom stereocenters. The zero-order chi connectivity index (χ0) is 20.1. The van der Waals surface area contributed by atoms with Crippen LogP contribution in [0, 0.1) is 10.1 Å². The van der Waals surface area contributed by atoms with E-state index in [4.69, 9.17) is 0 Å². The number of piperazine rings is 1. The number of rotatable bonds is 6. The Morgan fingerprint density at radius 3 is 2.52 bits per heavy atom. The van der Waals surface area contributed by atoms with E-state index in [-0.39, 0.29) is 11.5 Å². The van der Waals surface area contributed by atoms with E-state index < -0.39 is 4.92 Å². The minimum atomic E-state index is -0.425. The molecule has 3 aromatic heterocycles. The van der Waals surface area contributed by atoms with Gasteiger partial charge in [-0.25, -0.2) is 15.0 Å². The number of nitrogens with zero attached hydrogens (tertiary/aromatic N) is 7. The first-order chi connectivity index (χ1) is 14.2. The molecular formula is C19H20N8O2. The molecule has 0 saturated carbocycles. The third kappa shape index (κ3) is 4.21. The molecule has 1 N–H and O–H groups in total. The van der Waals surface area contributed by atoms with E-state index in [1.165, 1.54) is 6.33 Å². The summed E-state index contributed by atoms with van der Waals surface area (Å²) in [4.78, 5) is 32.2. The topological polar surface area (TPSA) is 113 Å². The van der Waals surface area contributed by atoms with E-state index in [2.05, 4.69) is 30.2 Å². The molecule has 0 aliphatic carbocycles. The van der Waals surface area contributed by atoms with Crippen LogP contribution in [-0.4, -0.2) is 51.0 Å². The quantitative estimate of drug-likeness (QED) is 0.498. The molecule has 0 aromatic carbocycles. The molecule has 1 aliphatic heterocycles. The largest absolute Gasteiger partial charge is 0.360 e. The van der Waals surface area contributed by atoms with Crippen LogP contribution in [0.1, 0.15) is 5.56 Å². The Labute approximate surface area is 167 Å². The van der Waals surface area contributed by atoms with Crippen LogP contribution in [0.15, 0.2) is 55.2 Å². The van der Waals surface area contributed by atoms with Gasteiger partial charge in [-0.05, 0) is 23.8 Å². The minimum Gasteiger partial charge on any atom is -0.360 e. The summed E-state index contributed by atoms with van der Waals surface area (Å²) in [5.74, 6) is 1.44. The number of hydrogen-bond acceptors (Lipinski definition) is 9. The average Bonchev–Trinajstić information content (AvgIpc) is 2.78. The SMILES string of the molecule is O=[N+]([O-])c1c(NCc2cccnc2)ncnc1N1CCN(c2ccccn2)CC1. The Morgan fingerprint density at radius 1 is 1.00 bits per heavy atom. The van der Waals surface area contributed by atoms with Gasteiger partial charge in [-0.15, -0.1) is 0 Å². The van der Waals surface area contributed by atoms with Gasteiger partial charge in [-0.2, -0.15) is 0 Å². The van der Waals surface area contributed by atoms with Gasteiger partial charge in [0.25, 0.3) is 0 Å². The molecule has 4 rings (SSSR count). The molecule has 10 heteroatoms. The maximum atomic E-state index is 11.8. The van der Waals surface area contributed by atoms with E-state index in [9.17, 15) is 10.1 Å². The standard InChI is InChI=1S/C19H20N8O2/c28-27(29)17-18(22-13-15-4-3-6-20-12-15)23-14-24-19(17)26-10-8-25(9-11-26)16-5-1-2-7-21-16/h1-7,12,14H,8-11,13H2,(H,22,23,24). The number of pyridine rings is 2. The third-order valence-corrected chi connectivity index (χ3v) is 4.72. The van der Waals surface area contributed by atoms with Gasteiger partial charge in [0.2, 0.25) is 11.6 Å². The molecule has 4 heterocycles. The van der Waals surface area contributed by atoms with Crippen LogP contribution in [0.2, 0.25) is 0 Å². The van der Waals surface area contributed by atoms with Crippen molar-refractivity contribution in [2.45, 2.75) is 6.54 Å². The molecule has 0 atom stereocenters. The summed E-state index contributed by atoms with van der Waals surface area (Å²) in [6, 6.07) is 9.50. The van der Waals surface area contributed by atoms with E-state index >= 15 is 0 Å². The summed E-state index contributed by atoms with van der Waals surface area (Å²) in [5.41, 5.74) is 0.800. The molecule has 0 amide bonds. The van der Waals surface area contributed by atoms with Crippen molar-refractivity contribution in [2.24, 2.45) is 0 Å². The number of nitro groups is 1. The number of nitrogens with one attached hydrogen (secondary N) is 1. The maximum Gasteiger partial charge on any atom is 0.353 e. The highest BCUT2D eigenvalue weighted by atomic mass is 16.6. The first-order valence-electron chi connectivity index (χ1n) is 9.25. The molecule has 1 fully saturated rings. The zero-order valence-corrected chi connectivity index (χ0v) is 15.7. The third-order valence-electron chi connectivity index (χ3n) is 4.72. The fourth-order valence-corrected chi connectivity index (χ4v) is 3.28. The highest BCUT2D eigenvalue weighted by Gasteiger charge is 2.29. The summed E-state index contributed by atoms with van der Waals surface area (Å²) in [6.07, 6.45) is 6.51. The number of aromatic nitrogens is 4. The first-order valence-corrected chi connectivity index (χ1v) is 9.25. The normalized spacial score (nSPS) is 13.9. The predicted octanol–water partition coefficient (Wildman–Crippen LogP) is 2.11. The summed E-state index contributed by atoms with van der Waals surface area (Å²) >= 11 is 0. The second-order valence-electron chi connectivity index (χ2n) is 6.53. The van der Waals surface area contributed by atoms with Crippen molar-refractivity contribution in [3.05, 3.63) is 70.9 Å². The molecular weight excluding hydrogens is 372 g/mol. The molecule has 29 heavy (non-hydrogen) atoms. The van der Waals surface area contributed by atoms with Crippen molar-refractivity contribution in [3.8, 4) is 0 Å². The van der Waals surface area contributed by atoms with Gasteiger partial charge in [0.15, 0.2) is 0 Å². The second-order valence-corrected chi connectivity index (χ2v) is 6.53. The Bertz CT molecular complexity index is 962. The van der Waals surface area contributed by atoms with E-state index in [0.29, 0.717) is 38.5 Å². The first kappa shape index (κ1) is 18.5. The molecule has 1 saturated heterocycles. The zero-order valence-electron chi connectivity index (χ0n) is 15.7. The van der Waals surface area contributed by atoms with Gasteiger partial charge in [0, 0.05) is 51.3 Å².